The summed E-state index contributed by atoms with van der Waals surface area (Å²) in [5.74, 6) is -1.30. The average molecular weight is 481 g/mol. The maximum absolute atomic E-state index is 13.0. The van der Waals surface area contributed by atoms with Crippen molar-refractivity contribution in [2.45, 2.75) is 45.7 Å². The minimum atomic E-state index is -1.20. The molecule has 1 aliphatic rings. The maximum Gasteiger partial charge on any atom is 0.323 e. The zero-order valence-electron chi connectivity index (χ0n) is 18.8. The summed E-state index contributed by atoms with van der Waals surface area (Å²) in [6.07, 6.45) is 5.70. The molecule has 0 saturated heterocycles. The lowest BCUT2D eigenvalue weighted by Crippen LogP contribution is -2.34. The van der Waals surface area contributed by atoms with Crippen molar-refractivity contribution in [1.82, 2.24) is 14.9 Å². The molecule has 1 aromatic carbocycles. The van der Waals surface area contributed by atoms with E-state index in [2.05, 4.69) is 17.2 Å². The maximum atomic E-state index is 13.0. The van der Waals surface area contributed by atoms with Crippen LogP contribution in [0.4, 0.5) is 5.69 Å². The standard InChI is InChI=1S/C25H25ClN4O4/c1-2-3-21(16-6-7-16)29-19-10-17-11-20(24(33)28-12-15-4-8-18(26)9-5-15)25(34)30(14-22(31)32)23(17)27-13-19/h4-5,8-11,13,16H,2-3,6-7,12,14H2,1H3,(H,28,33)(H,31,32). The monoisotopic (exact) mass is 480 g/mol. The van der Waals surface area contributed by atoms with Gasteiger partial charge in [-0.1, -0.05) is 37.1 Å². The number of aliphatic imine (C=N–C) groups is 1. The van der Waals surface area contributed by atoms with E-state index in [9.17, 15) is 19.5 Å². The number of pyridine rings is 2. The Bertz CT molecular complexity index is 1330. The number of benzene rings is 1. The van der Waals surface area contributed by atoms with E-state index in [4.69, 9.17) is 16.6 Å². The van der Waals surface area contributed by atoms with Crippen LogP contribution in [0.15, 0.2) is 52.4 Å². The fraction of sp³-hybridized carbons (Fsp3) is 0.320. The van der Waals surface area contributed by atoms with Crippen LogP contribution >= 0.6 is 11.6 Å². The Morgan fingerprint density at radius 1 is 1.24 bits per heavy atom. The van der Waals surface area contributed by atoms with E-state index >= 15 is 0 Å². The summed E-state index contributed by atoms with van der Waals surface area (Å²) in [7, 11) is 0. The molecule has 34 heavy (non-hydrogen) atoms. The molecule has 0 bridgehead atoms. The Hall–Kier alpha value is -3.52. The quantitative estimate of drug-likeness (QED) is 0.442. The third kappa shape index (κ3) is 5.51. The number of hydrogen-bond acceptors (Lipinski definition) is 5. The Morgan fingerprint density at radius 3 is 2.62 bits per heavy atom. The van der Waals surface area contributed by atoms with E-state index in [1.807, 2.05) is 0 Å². The van der Waals surface area contributed by atoms with Gasteiger partial charge in [-0.2, -0.15) is 0 Å². The van der Waals surface area contributed by atoms with E-state index in [1.165, 1.54) is 6.07 Å². The molecule has 0 radical (unpaired) electrons. The topological polar surface area (TPSA) is 114 Å². The molecule has 2 N–H and O–H groups in total. The van der Waals surface area contributed by atoms with E-state index in [0.717, 1.165) is 41.5 Å². The Kier molecular flexibility index (Phi) is 7.07. The highest BCUT2D eigenvalue weighted by Gasteiger charge is 2.27. The molecule has 176 valence electrons. The number of carbonyl (C=O) groups is 2. The van der Waals surface area contributed by atoms with Crippen molar-refractivity contribution in [3.8, 4) is 0 Å². The predicted molar refractivity (Wildman–Crippen MR) is 131 cm³/mol. The van der Waals surface area contributed by atoms with Crippen LogP contribution in [0.25, 0.3) is 11.0 Å². The Balaban J connectivity index is 1.71. The molecule has 1 aliphatic carbocycles. The van der Waals surface area contributed by atoms with Gasteiger partial charge < -0.3 is 10.4 Å². The van der Waals surface area contributed by atoms with Crippen molar-refractivity contribution in [2.24, 2.45) is 10.9 Å². The molecule has 1 fully saturated rings. The van der Waals surface area contributed by atoms with Gasteiger partial charge in [0, 0.05) is 22.7 Å². The number of nitrogens with zero attached hydrogens (tertiary/aromatic N) is 3. The molecule has 0 aliphatic heterocycles. The van der Waals surface area contributed by atoms with Crippen LogP contribution in [-0.2, 0) is 17.9 Å². The van der Waals surface area contributed by atoms with E-state index in [0.29, 0.717) is 22.0 Å². The van der Waals surface area contributed by atoms with Gasteiger partial charge in [0.1, 0.15) is 17.8 Å². The molecule has 1 amide bonds. The number of hydrogen-bond donors (Lipinski definition) is 2. The van der Waals surface area contributed by atoms with Crippen molar-refractivity contribution in [3.63, 3.8) is 0 Å². The van der Waals surface area contributed by atoms with Gasteiger partial charge in [-0.25, -0.2) is 4.98 Å². The average Bonchev–Trinajstić information content (AvgIpc) is 3.65. The Labute approximate surface area is 201 Å². The molecule has 4 rings (SSSR count). The number of aromatic nitrogens is 2. The fourth-order valence-electron chi connectivity index (χ4n) is 3.83. The molecule has 3 aromatic rings. The van der Waals surface area contributed by atoms with Gasteiger partial charge in [0.25, 0.3) is 11.5 Å². The van der Waals surface area contributed by atoms with E-state index in [-0.39, 0.29) is 17.8 Å². The number of carboxylic acid groups (broad SMARTS) is 1. The van der Waals surface area contributed by atoms with Crippen LogP contribution in [0.2, 0.25) is 5.02 Å². The highest BCUT2D eigenvalue weighted by atomic mass is 35.5. The Morgan fingerprint density at radius 2 is 1.97 bits per heavy atom. The molecule has 0 atom stereocenters. The van der Waals surface area contributed by atoms with Gasteiger partial charge in [0.15, 0.2) is 0 Å². The second-order valence-corrected chi connectivity index (χ2v) is 8.82. The highest BCUT2D eigenvalue weighted by Crippen LogP contribution is 2.34. The van der Waals surface area contributed by atoms with Crippen molar-refractivity contribution in [1.29, 1.82) is 0 Å². The third-order valence-electron chi connectivity index (χ3n) is 5.64. The normalized spacial score (nSPS) is 13.8. The van der Waals surface area contributed by atoms with Crippen molar-refractivity contribution in [2.75, 3.05) is 0 Å². The number of halogens is 1. The fourth-order valence-corrected chi connectivity index (χ4v) is 3.95. The lowest BCUT2D eigenvalue weighted by molar-refractivity contribution is -0.137. The van der Waals surface area contributed by atoms with Crippen LogP contribution in [0.1, 0.15) is 48.5 Å². The summed E-state index contributed by atoms with van der Waals surface area (Å²) in [5.41, 5.74) is 1.90. The lowest BCUT2D eigenvalue weighted by atomic mass is 10.1. The van der Waals surface area contributed by atoms with Crippen LogP contribution in [-0.4, -0.2) is 32.2 Å². The van der Waals surface area contributed by atoms with Gasteiger partial charge in [-0.05, 0) is 55.0 Å². The number of carboxylic acids is 1. The summed E-state index contributed by atoms with van der Waals surface area (Å²) in [6.45, 7) is 1.69. The van der Waals surface area contributed by atoms with E-state index in [1.54, 1.807) is 36.5 Å². The van der Waals surface area contributed by atoms with E-state index < -0.39 is 24.0 Å². The second-order valence-electron chi connectivity index (χ2n) is 8.39. The zero-order chi connectivity index (χ0) is 24.2. The largest absolute Gasteiger partial charge is 0.480 e. The molecular formula is C25H25ClN4O4. The minimum Gasteiger partial charge on any atom is -0.480 e. The molecule has 2 aromatic heterocycles. The van der Waals surface area contributed by atoms with Crippen molar-refractivity contribution >= 4 is 45.9 Å². The van der Waals surface area contributed by atoms with Crippen LogP contribution in [0.3, 0.4) is 0 Å². The molecule has 0 unspecified atom stereocenters. The number of nitrogens with one attached hydrogen (secondary N) is 1. The molecule has 0 spiro atoms. The molecule has 1 saturated carbocycles. The molecule has 2 heterocycles. The van der Waals surface area contributed by atoms with Crippen LogP contribution in [0, 0.1) is 5.92 Å². The second kappa shape index (κ2) is 10.2. The molecular weight excluding hydrogens is 456 g/mol. The summed E-state index contributed by atoms with van der Waals surface area (Å²) < 4.78 is 1.01. The van der Waals surface area contributed by atoms with Gasteiger partial charge >= 0.3 is 5.97 Å². The first-order valence-corrected chi connectivity index (χ1v) is 11.6. The first-order valence-electron chi connectivity index (χ1n) is 11.2. The van der Waals surface area contributed by atoms with Gasteiger partial charge in [-0.15, -0.1) is 0 Å². The van der Waals surface area contributed by atoms with Crippen molar-refractivity contribution in [3.05, 3.63) is 69.1 Å². The van der Waals surface area contributed by atoms with Crippen molar-refractivity contribution < 1.29 is 14.7 Å². The number of amides is 1. The third-order valence-corrected chi connectivity index (χ3v) is 5.90. The number of carbonyl (C=O) groups excluding carboxylic acids is 1. The SMILES string of the molecule is CCCC(=Nc1cnc2c(c1)cc(C(=O)NCc1ccc(Cl)cc1)c(=O)n2CC(=O)O)C1CC1. The van der Waals surface area contributed by atoms with Gasteiger partial charge in [0.2, 0.25) is 0 Å². The summed E-state index contributed by atoms with van der Waals surface area (Å²) in [4.78, 5) is 46.4. The summed E-state index contributed by atoms with van der Waals surface area (Å²) >= 11 is 5.89. The van der Waals surface area contributed by atoms with Gasteiger partial charge in [0.05, 0.1) is 11.9 Å². The van der Waals surface area contributed by atoms with Crippen LogP contribution < -0.4 is 10.9 Å². The molecule has 8 nitrogen and oxygen atoms in total. The smallest absolute Gasteiger partial charge is 0.323 e. The highest BCUT2D eigenvalue weighted by molar-refractivity contribution is 6.30. The minimum absolute atomic E-state index is 0.151. The number of aliphatic carboxylic acids is 1. The van der Waals surface area contributed by atoms with Gasteiger partial charge in [-0.3, -0.25) is 23.9 Å². The number of fused-ring (bicyclic) bond motifs is 1. The predicted octanol–water partition coefficient (Wildman–Crippen LogP) is 4.35. The summed E-state index contributed by atoms with van der Waals surface area (Å²) in [5, 5.41) is 13.1. The number of rotatable bonds is 9. The first-order chi connectivity index (χ1) is 16.4. The molecule has 9 heteroatoms. The first kappa shape index (κ1) is 23.6. The zero-order valence-corrected chi connectivity index (χ0v) is 19.5. The summed E-state index contributed by atoms with van der Waals surface area (Å²) in [6, 6.07) is 10.2. The van der Waals surface area contributed by atoms with Crippen LogP contribution in [0.5, 0.6) is 0 Å². The lowest BCUT2D eigenvalue weighted by Gasteiger charge is -2.12.